The zero-order chi connectivity index (χ0) is 13.7. The number of para-hydroxylation sites is 1. The Morgan fingerprint density at radius 3 is 2.89 bits per heavy atom. The van der Waals surface area contributed by atoms with E-state index in [9.17, 15) is 5.11 Å². The molecule has 1 heterocycles. The van der Waals surface area contributed by atoms with E-state index in [0.717, 1.165) is 45.4 Å². The van der Waals surface area contributed by atoms with Gasteiger partial charge in [-0.1, -0.05) is 25.1 Å². The quantitative estimate of drug-likeness (QED) is 0.801. The highest BCUT2D eigenvalue weighted by atomic mass is 16.3. The molecule has 0 aliphatic carbocycles. The number of benzene rings is 1. The molecule has 3 heteroatoms. The number of anilines is 1. The van der Waals surface area contributed by atoms with Gasteiger partial charge in [-0.05, 0) is 44.4 Å². The number of β-amino-alcohol motifs (C(OH)–C–C–N with tert-alkyl or cyclic N) is 1. The maximum absolute atomic E-state index is 10.3. The van der Waals surface area contributed by atoms with Crippen LogP contribution in [0.2, 0.25) is 0 Å². The molecule has 1 atom stereocenters. The number of piperidine rings is 1. The Morgan fingerprint density at radius 1 is 1.37 bits per heavy atom. The molecule has 2 N–H and O–H groups in total. The minimum absolute atomic E-state index is 0.553. The van der Waals surface area contributed by atoms with Crippen LogP contribution in [0.3, 0.4) is 0 Å². The molecule has 1 fully saturated rings. The SMILES string of the molecule is CCCNCc1ccccc1N1CCCC(C)(O)C1. The standard InChI is InChI=1S/C16H26N2O/c1-3-10-17-12-14-7-4-5-8-15(14)18-11-6-9-16(2,19)13-18/h4-5,7-8,17,19H,3,6,9-13H2,1-2H3. The fraction of sp³-hybridized carbons (Fsp3) is 0.625. The predicted octanol–water partition coefficient (Wildman–Crippen LogP) is 2.54. The zero-order valence-corrected chi connectivity index (χ0v) is 12.2. The molecule has 1 aromatic carbocycles. The first-order chi connectivity index (χ1) is 9.12. The normalized spacial score (nSPS) is 23.6. The molecule has 3 nitrogen and oxygen atoms in total. The van der Waals surface area contributed by atoms with Crippen LogP contribution in [0.25, 0.3) is 0 Å². The molecule has 1 aliphatic heterocycles. The Morgan fingerprint density at radius 2 is 2.16 bits per heavy atom. The third kappa shape index (κ3) is 3.95. The summed E-state index contributed by atoms with van der Waals surface area (Å²) in [7, 11) is 0. The van der Waals surface area contributed by atoms with Gasteiger partial charge >= 0.3 is 0 Å². The van der Waals surface area contributed by atoms with Gasteiger partial charge in [-0.25, -0.2) is 0 Å². The second-order valence-electron chi connectivity index (χ2n) is 5.83. The van der Waals surface area contributed by atoms with Crippen LogP contribution in [-0.4, -0.2) is 30.3 Å². The summed E-state index contributed by atoms with van der Waals surface area (Å²) in [5.41, 5.74) is 2.04. The molecule has 1 aromatic rings. The van der Waals surface area contributed by atoms with Gasteiger partial charge in [0.1, 0.15) is 0 Å². The molecule has 0 saturated carbocycles. The van der Waals surface area contributed by atoms with Crippen molar-refractivity contribution in [3.05, 3.63) is 29.8 Å². The summed E-state index contributed by atoms with van der Waals surface area (Å²) in [4.78, 5) is 2.33. The Balaban J connectivity index is 2.10. The van der Waals surface area contributed by atoms with E-state index >= 15 is 0 Å². The van der Waals surface area contributed by atoms with Crippen LogP contribution in [0, 0.1) is 0 Å². The minimum Gasteiger partial charge on any atom is -0.388 e. The summed E-state index contributed by atoms with van der Waals surface area (Å²) in [6.45, 7) is 7.85. The molecule has 2 rings (SSSR count). The topological polar surface area (TPSA) is 35.5 Å². The lowest BCUT2D eigenvalue weighted by molar-refractivity contribution is 0.0449. The second kappa shape index (κ2) is 6.40. The molecule has 1 saturated heterocycles. The highest BCUT2D eigenvalue weighted by Gasteiger charge is 2.29. The Kier molecular flexibility index (Phi) is 4.83. The monoisotopic (exact) mass is 262 g/mol. The highest BCUT2D eigenvalue weighted by molar-refractivity contribution is 5.54. The average molecular weight is 262 g/mol. The lowest BCUT2D eigenvalue weighted by atomic mass is 9.94. The number of hydrogen-bond acceptors (Lipinski definition) is 3. The summed E-state index contributed by atoms with van der Waals surface area (Å²) in [6.07, 6.45) is 3.12. The van der Waals surface area contributed by atoms with E-state index in [4.69, 9.17) is 0 Å². The first kappa shape index (κ1) is 14.4. The van der Waals surface area contributed by atoms with Crippen molar-refractivity contribution in [3.8, 4) is 0 Å². The maximum atomic E-state index is 10.3. The van der Waals surface area contributed by atoms with Crippen LogP contribution in [0.15, 0.2) is 24.3 Å². The van der Waals surface area contributed by atoms with Gasteiger partial charge in [0, 0.05) is 25.3 Å². The third-order valence-corrected chi connectivity index (χ3v) is 3.75. The van der Waals surface area contributed by atoms with Gasteiger partial charge in [-0.15, -0.1) is 0 Å². The van der Waals surface area contributed by atoms with Crippen LogP contribution < -0.4 is 10.2 Å². The second-order valence-corrected chi connectivity index (χ2v) is 5.83. The van der Waals surface area contributed by atoms with Crippen molar-refractivity contribution in [2.75, 3.05) is 24.5 Å². The molecular formula is C16H26N2O. The number of hydrogen-bond donors (Lipinski definition) is 2. The molecule has 0 bridgehead atoms. The Bertz CT molecular complexity index is 403. The summed E-state index contributed by atoms with van der Waals surface area (Å²) in [6, 6.07) is 8.53. The van der Waals surface area contributed by atoms with E-state index < -0.39 is 5.60 Å². The van der Waals surface area contributed by atoms with Gasteiger partial charge in [-0.2, -0.15) is 0 Å². The first-order valence-electron chi connectivity index (χ1n) is 7.38. The lowest BCUT2D eigenvalue weighted by Gasteiger charge is -2.39. The molecular weight excluding hydrogens is 236 g/mol. The van der Waals surface area contributed by atoms with Crippen LogP contribution >= 0.6 is 0 Å². The number of aliphatic hydroxyl groups is 1. The molecule has 0 spiro atoms. The summed E-state index contributed by atoms with van der Waals surface area (Å²) < 4.78 is 0. The molecule has 0 radical (unpaired) electrons. The van der Waals surface area contributed by atoms with Crippen molar-refractivity contribution in [2.24, 2.45) is 0 Å². The number of rotatable bonds is 5. The van der Waals surface area contributed by atoms with Gasteiger partial charge in [-0.3, -0.25) is 0 Å². The van der Waals surface area contributed by atoms with Crippen molar-refractivity contribution in [1.82, 2.24) is 5.32 Å². The Hall–Kier alpha value is -1.06. The van der Waals surface area contributed by atoms with Crippen LogP contribution in [0.1, 0.15) is 38.7 Å². The van der Waals surface area contributed by atoms with Gasteiger partial charge in [0.05, 0.1) is 5.60 Å². The van der Waals surface area contributed by atoms with E-state index in [1.54, 1.807) is 0 Å². The maximum Gasteiger partial charge on any atom is 0.0794 e. The van der Waals surface area contributed by atoms with Gasteiger partial charge in [0.25, 0.3) is 0 Å². The molecule has 106 valence electrons. The molecule has 1 unspecified atom stereocenters. The smallest absolute Gasteiger partial charge is 0.0794 e. The average Bonchev–Trinajstić information content (AvgIpc) is 2.38. The van der Waals surface area contributed by atoms with Crippen LogP contribution in [-0.2, 0) is 6.54 Å². The number of nitrogens with one attached hydrogen (secondary N) is 1. The van der Waals surface area contributed by atoms with Crippen molar-refractivity contribution in [2.45, 2.75) is 45.3 Å². The Labute approximate surface area is 116 Å². The summed E-state index contributed by atoms with van der Waals surface area (Å²) in [5, 5.41) is 13.7. The molecule has 0 amide bonds. The van der Waals surface area contributed by atoms with E-state index in [1.807, 2.05) is 6.92 Å². The van der Waals surface area contributed by atoms with Crippen LogP contribution in [0.4, 0.5) is 5.69 Å². The summed E-state index contributed by atoms with van der Waals surface area (Å²) >= 11 is 0. The molecule has 1 aliphatic rings. The van der Waals surface area contributed by atoms with Gasteiger partial charge < -0.3 is 15.3 Å². The van der Waals surface area contributed by atoms with Crippen molar-refractivity contribution >= 4 is 5.69 Å². The third-order valence-electron chi connectivity index (χ3n) is 3.75. The van der Waals surface area contributed by atoms with Crippen LogP contribution in [0.5, 0.6) is 0 Å². The van der Waals surface area contributed by atoms with E-state index in [-0.39, 0.29) is 0 Å². The van der Waals surface area contributed by atoms with Gasteiger partial charge in [0.2, 0.25) is 0 Å². The van der Waals surface area contributed by atoms with E-state index in [1.165, 1.54) is 11.3 Å². The molecule has 0 aromatic heterocycles. The van der Waals surface area contributed by atoms with E-state index in [0.29, 0.717) is 0 Å². The zero-order valence-electron chi connectivity index (χ0n) is 12.2. The predicted molar refractivity (Wildman–Crippen MR) is 80.5 cm³/mol. The van der Waals surface area contributed by atoms with E-state index in [2.05, 4.69) is 41.4 Å². The van der Waals surface area contributed by atoms with Crippen molar-refractivity contribution in [1.29, 1.82) is 0 Å². The highest BCUT2D eigenvalue weighted by Crippen LogP contribution is 2.28. The van der Waals surface area contributed by atoms with Crippen molar-refractivity contribution < 1.29 is 5.11 Å². The first-order valence-corrected chi connectivity index (χ1v) is 7.38. The summed E-state index contributed by atoms with van der Waals surface area (Å²) in [5.74, 6) is 0. The largest absolute Gasteiger partial charge is 0.388 e. The van der Waals surface area contributed by atoms with Crippen molar-refractivity contribution in [3.63, 3.8) is 0 Å². The fourth-order valence-electron chi connectivity index (χ4n) is 2.79. The lowest BCUT2D eigenvalue weighted by Crippen LogP contribution is -2.46. The number of nitrogens with zero attached hydrogens (tertiary/aromatic N) is 1. The van der Waals surface area contributed by atoms with Gasteiger partial charge in [0.15, 0.2) is 0 Å². The minimum atomic E-state index is -0.553. The molecule has 19 heavy (non-hydrogen) atoms. The fourth-order valence-corrected chi connectivity index (χ4v) is 2.79.